The molecule has 0 aliphatic carbocycles. The van der Waals surface area contributed by atoms with Crippen LogP contribution in [0.15, 0.2) is 22.7 Å². The van der Waals surface area contributed by atoms with Crippen molar-refractivity contribution in [3.8, 4) is 0 Å². The molecule has 0 saturated heterocycles. The van der Waals surface area contributed by atoms with Crippen molar-refractivity contribution in [1.29, 1.82) is 0 Å². The van der Waals surface area contributed by atoms with Gasteiger partial charge in [0.15, 0.2) is 5.82 Å². The van der Waals surface area contributed by atoms with Gasteiger partial charge in [-0.1, -0.05) is 22.8 Å². The molecule has 2 aromatic rings. The molecule has 7 heteroatoms. The Morgan fingerprint density at radius 2 is 2.30 bits per heavy atom. The second-order valence-corrected chi connectivity index (χ2v) is 4.74. The van der Waals surface area contributed by atoms with Gasteiger partial charge in [-0.25, -0.2) is 4.39 Å². The highest BCUT2D eigenvalue weighted by Gasteiger charge is 2.13. The Hall–Kier alpha value is -1.50. The molecule has 1 aromatic heterocycles. The van der Waals surface area contributed by atoms with Crippen LogP contribution in [-0.2, 0) is 17.6 Å². The van der Waals surface area contributed by atoms with Crippen LogP contribution >= 0.6 is 11.6 Å². The molecule has 20 heavy (non-hydrogen) atoms. The molecule has 2 rings (SSSR count). The van der Waals surface area contributed by atoms with Crippen molar-refractivity contribution in [3.05, 3.63) is 46.3 Å². The van der Waals surface area contributed by atoms with E-state index in [2.05, 4.69) is 10.1 Å². The van der Waals surface area contributed by atoms with Gasteiger partial charge in [0.05, 0.1) is 19.1 Å². The van der Waals surface area contributed by atoms with E-state index in [1.54, 1.807) is 6.07 Å². The summed E-state index contributed by atoms with van der Waals surface area (Å²) in [5, 5.41) is 13.7. The summed E-state index contributed by atoms with van der Waals surface area (Å²) in [6.07, 6.45) is -0.135. The van der Waals surface area contributed by atoms with Crippen molar-refractivity contribution in [2.24, 2.45) is 0 Å². The third-order valence-electron chi connectivity index (χ3n) is 2.64. The molecular formula is C13H14ClFN2O3. The van der Waals surface area contributed by atoms with Gasteiger partial charge in [0.1, 0.15) is 5.82 Å². The first-order chi connectivity index (χ1) is 9.58. The first kappa shape index (κ1) is 14.9. The van der Waals surface area contributed by atoms with Gasteiger partial charge in [-0.3, -0.25) is 0 Å². The fraction of sp³-hybridized carbons (Fsp3) is 0.385. The van der Waals surface area contributed by atoms with Crippen molar-refractivity contribution >= 4 is 11.6 Å². The minimum absolute atomic E-state index is 0.196. The Morgan fingerprint density at radius 3 is 3.00 bits per heavy atom. The minimum atomic E-state index is -0.692. The summed E-state index contributed by atoms with van der Waals surface area (Å²) in [5.74, 6) is 0.358. The van der Waals surface area contributed by atoms with Gasteiger partial charge in [-0.15, -0.1) is 0 Å². The molecule has 0 amide bonds. The first-order valence-corrected chi connectivity index (χ1v) is 6.38. The fourth-order valence-corrected chi connectivity index (χ4v) is 1.97. The summed E-state index contributed by atoms with van der Waals surface area (Å²) in [4.78, 5) is 4.15. The minimum Gasteiger partial charge on any atom is -0.390 e. The van der Waals surface area contributed by atoms with E-state index >= 15 is 0 Å². The highest BCUT2D eigenvalue weighted by Crippen LogP contribution is 2.19. The SMILES string of the molecule is COCC(O)Cc1nc(Cc2ccc(F)cc2Cl)no1. The molecule has 1 aromatic carbocycles. The zero-order valence-electron chi connectivity index (χ0n) is 10.8. The maximum absolute atomic E-state index is 12.9. The number of halogens is 2. The molecule has 1 heterocycles. The summed E-state index contributed by atoms with van der Waals surface area (Å²) in [7, 11) is 1.50. The zero-order chi connectivity index (χ0) is 14.5. The summed E-state index contributed by atoms with van der Waals surface area (Å²) in [6.45, 7) is 0.196. The van der Waals surface area contributed by atoms with Crippen LogP contribution < -0.4 is 0 Å². The number of ether oxygens (including phenoxy) is 1. The lowest BCUT2D eigenvalue weighted by molar-refractivity contribution is 0.0599. The molecule has 1 N–H and O–H groups in total. The Labute approximate surface area is 120 Å². The highest BCUT2D eigenvalue weighted by molar-refractivity contribution is 6.31. The van der Waals surface area contributed by atoms with E-state index in [-0.39, 0.29) is 13.0 Å². The second kappa shape index (κ2) is 6.78. The number of benzene rings is 1. The molecule has 0 fully saturated rings. The zero-order valence-corrected chi connectivity index (χ0v) is 11.6. The lowest BCUT2D eigenvalue weighted by Gasteiger charge is -2.04. The van der Waals surface area contributed by atoms with E-state index in [1.807, 2.05) is 0 Å². The maximum Gasteiger partial charge on any atom is 0.229 e. The van der Waals surface area contributed by atoms with Crippen LogP contribution in [0.25, 0.3) is 0 Å². The summed E-state index contributed by atoms with van der Waals surface area (Å²) in [5.41, 5.74) is 0.706. The Bertz CT molecular complexity index is 576. The molecular weight excluding hydrogens is 287 g/mol. The molecule has 0 saturated carbocycles. The van der Waals surface area contributed by atoms with Gasteiger partial charge in [-0.05, 0) is 17.7 Å². The molecule has 1 atom stereocenters. The van der Waals surface area contributed by atoms with Gasteiger partial charge in [0, 0.05) is 18.6 Å². The number of aliphatic hydroxyl groups excluding tert-OH is 1. The van der Waals surface area contributed by atoms with Crippen molar-refractivity contribution in [2.75, 3.05) is 13.7 Å². The predicted molar refractivity (Wildman–Crippen MR) is 70.1 cm³/mol. The Morgan fingerprint density at radius 1 is 1.50 bits per heavy atom. The lowest BCUT2D eigenvalue weighted by atomic mass is 10.1. The molecule has 0 aliphatic rings. The maximum atomic E-state index is 12.9. The van der Waals surface area contributed by atoms with Crippen LogP contribution in [0, 0.1) is 5.82 Å². The molecule has 1 unspecified atom stereocenters. The summed E-state index contributed by atoms with van der Waals surface area (Å²) in [6, 6.07) is 4.14. The van der Waals surface area contributed by atoms with Crippen LogP contribution in [-0.4, -0.2) is 35.1 Å². The third kappa shape index (κ3) is 4.00. The van der Waals surface area contributed by atoms with E-state index in [0.717, 1.165) is 0 Å². The van der Waals surface area contributed by atoms with Crippen LogP contribution in [0.4, 0.5) is 4.39 Å². The number of rotatable bonds is 6. The quantitative estimate of drug-likeness (QED) is 0.884. The van der Waals surface area contributed by atoms with E-state index in [0.29, 0.717) is 28.7 Å². The topological polar surface area (TPSA) is 68.4 Å². The number of hydrogen-bond acceptors (Lipinski definition) is 5. The van der Waals surface area contributed by atoms with Crippen LogP contribution in [0.5, 0.6) is 0 Å². The van der Waals surface area contributed by atoms with Gasteiger partial charge in [0.2, 0.25) is 5.89 Å². The number of hydrogen-bond donors (Lipinski definition) is 1. The van der Waals surface area contributed by atoms with Crippen molar-refractivity contribution < 1.29 is 18.8 Å². The average Bonchev–Trinajstić information content (AvgIpc) is 2.80. The monoisotopic (exact) mass is 300 g/mol. The third-order valence-corrected chi connectivity index (χ3v) is 2.99. The fourth-order valence-electron chi connectivity index (χ4n) is 1.73. The number of methoxy groups -OCH3 is 1. The summed E-state index contributed by atoms with van der Waals surface area (Å²) < 4.78 is 22.8. The van der Waals surface area contributed by atoms with Gasteiger partial charge >= 0.3 is 0 Å². The van der Waals surface area contributed by atoms with Gasteiger partial charge < -0.3 is 14.4 Å². The van der Waals surface area contributed by atoms with E-state index in [9.17, 15) is 9.50 Å². The van der Waals surface area contributed by atoms with E-state index < -0.39 is 11.9 Å². The van der Waals surface area contributed by atoms with Gasteiger partial charge in [0.25, 0.3) is 0 Å². The Balaban J connectivity index is 2.02. The lowest BCUT2D eigenvalue weighted by Crippen LogP contribution is -2.17. The van der Waals surface area contributed by atoms with Gasteiger partial charge in [-0.2, -0.15) is 4.98 Å². The summed E-state index contributed by atoms with van der Waals surface area (Å²) >= 11 is 5.93. The molecule has 5 nitrogen and oxygen atoms in total. The standard InChI is InChI=1S/C13H14ClFN2O3/c1-19-7-10(18)6-13-16-12(17-20-13)4-8-2-3-9(15)5-11(8)14/h2-3,5,10,18H,4,6-7H2,1H3. The van der Waals surface area contributed by atoms with Crippen molar-refractivity contribution in [2.45, 2.75) is 18.9 Å². The van der Waals surface area contributed by atoms with Crippen LogP contribution in [0.2, 0.25) is 5.02 Å². The van der Waals surface area contributed by atoms with E-state index in [4.69, 9.17) is 20.9 Å². The molecule has 0 bridgehead atoms. The number of nitrogens with zero attached hydrogens (tertiary/aromatic N) is 2. The van der Waals surface area contributed by atoms with Crippen LogP contribution in [0.1, 0.15) is 17.3 Å². The average molecular weight is 301 g/mol. The second-order valence-electron chi connectivity index (χ2n) is 4.33. The smallest absolute Gasteiger partial charge is 0.229 e. The van der Waals surface area contributed by atoms with Crippen LogP contribution in [0.3, 0.4) is 0 Å². The normalized spacial score (nSPS) is 12.6. The number of aliphatic hydroxyl groups is 1. The largest absolute Gasteiger partial charge is 0.390 e. The molecule has 0 spiro atoms. The molecule has 0 aliphatic heterocycles. The molecule has 108 valence electrons. The van der Waals surface area contributed by atoms with Crippen molar-refractivity contribution in [3.63, 3.8) is 0 Å². The molecule has 0 radical (unpaired) electrons. The van der Waals surface area contributed by atoms with E-state index in [1.165, 1.54) is 19.2 Å². The first-order valence-electron chi connectivity index (χ1n) is 6.01. The predicted octanol–water partition coefficient (Wildman–Crippen LogP) is 2.00. The van der Waals surface area contributed by atoms with Crippen molar-refractivity contribution in [1.82, 2.24) is 10.1 Å². The Kier molecular flexibility index (Phi) is 5.05. The highest BCUT2D eigenvalue weighted by atomic mass is 35.5. The number of aromatic nitrogens is 2.